The van der Waals surface area contributed by atoms with Crippen LogP contribution in [-0.4, -0.2) is 156 Å². The molecule has 3 aromatic carbocycles. The van der Waals surface area contributed by atoms with Crippen molar-refractivity contribution in [2.24, 2.45) is 28.8 Å². The number of cyclic esters (lactones) is 1. The molecule has 0 aromatic heterocycles. The number of nitrogens with zero attached hydrogens (tertiary/aromatic N) is 2. The molecule has 3 aliphatic rings. The summed E-state index contributed by atoms with van der Waals surface area (Å²) < 4.78 is 62.1. The Kier molecular flexibility index (Phi) is 21.9. The number of benzene rings is 3. The average Bonchev–Trinajstić information content (AvgIpc) is 3.40. The molecule has 3 fully saturated rings. The van der Waals surface area contributed by atoms with Gasteiger partial charge in [-0.15, -0.1) is 0 Å². The Morgan fingerprint density at radius 1 is 0.713 bits per heavy atom. The first kappa shape index (κ1) is 65.7. The lowest BCUT2D eigenvalue weighted by Gasteiger charge is -2.51. The van der Waals surface area contributed by atoms with Gasteiger partial charge in [-0.3, -0.25) is 10.2 Å². The second kappa shape index (κ2) is 26.7. The molecule has 18 atom stereocenters. The molecule has 448 valence electrons. The highest BCUT2D eigenvalue weighted by Gasteiger charge is 2.55. The van der Waals surface area contributed by atoms with E-state index in [0.717, 1.165) is 23.1 Å². The van der Waals surface area contributed by atoms with E-state index in [0.29, 0.717) is 5.71 Å². The van der Waals surface area contributed by atoms with Crippen molar-refractivity contribution in [3.8, 4) is 0 Å². The van der Waals surface area contributed by atoms with Crippen molar-refractivity contribution in [2.45, 2.75) is 224 Å². The van der Waals surface area contributed by atoms with Gasteiger partial charge in [-0.2, -0.15) is 5.10 Å². The standard InChI is InChI=1S/C63H101N3O12Si2/c1-21-50-62(10,69)55(67)42(4)52(64-65-63(46-31-25-22-26-32-46,47-33-27-23-28-34-47)48-35-29-24-30-36-48)40(2)38-60(8,70-13)56(76-59-54(77-79(15,16)17)49(66(11)12)37-41(3)72-59)43(5)53(44(6)58(68)74-50)75-51-39-61(9,71-14)57(45(7)73-51)78-80(18,19)20/h22-36,40-45,49-51,53-57,59,65,67,69H,21,37-39H2,1-20H3/b64-52+/t40-,41-,42-,43-,44-,45+,49+,50+,51+,53-,54-,55+,56-,57+,59+,60+,61-,62+/m1/s1. The van der Waals surface area contributed by atoms with E-state index in [1.165, 1.54) is 6.92 Å². The van der Waals surface area contributed by atoms with E-state index >= 15 is 4.79 Å². The highest BCUT2D eigenvalue weighted by molar-refractivity contribution is 6.70. The van der Waals surface area contributed by atoms with Gasteiger partial charge >= 0.3 is 5.97 Å². The predicted octanol–water partition coefficient (Wildman–Crippen LogP) is 10.5. The van der Waals surface area contributed by atoms with Gasteiger partial charge in [0.15, 0.2) is 29.2 Å². The van der Waals surface area contributed by atoms with E-state index in [2.05, 4.69) is 114 Å². The van der Waals surface area contributed by atoms with Crippen LogP contribution in [-0.2, 0) is 52.3 Å². The van der Waals surface area contributed by atoms with E-state index in [1.54, 1.807) is 21.1 Å². The van der Waals surface area contributed by atoms with Crippen LogP contribution in [0.1, 0.15) is 112 Å². The smallest absolute Gasteiger partial charge is 0.311 e. The van der Waals surface area contributed by atoms with Crippen LogP contribution in [0, 0.1) is 23.7 Å². The summed E-state index contributed by atoms with van der Waals surface area (Å²) in [6.07, 6.45) is -6.25. The van der Waals surface area contributed by atoms with Gasteiger partial charge in [0, 0.05) is 44.2 Å². The topological polar surface area (TPSA) is 168 Å². The number of hydrogen-bond acceptors (Lipinski definition) is 15. The zero-order valence-electron chi connectivity index (χ0n) is 52.0. The van der Waals surface area contributed by atoms with Gasteiger partial charge in [0.05, 0.1) is 53.7 Å². The number of esters is 1. The summed E-state index contributed by atoms with van der Waals surface area (Å²) in [6.45, 7) is 32.2. The van der Waals surface area contributed by atoms with Crippen molar-refractivity contribution >= 4 is 28.3 Å². The molecule has 0 unspecified atom stereocenters. The van der Waals surface area contributed by atoms with Crippen LogP contribution in [0.3, 0.4) is 0 Å². The second-order valence-electron chi connectivity index (χ2n) is 26.1. The first-order chi connectivity index (χ1) is 37.4. The summed E-state index contributed by atoms with van der Waals surface area (Å²) in [5, 5.41) is 31.1. The van der Waals surface area contributed by atoms with Crippen molar-refractivity contribution in [3.63, 3.8) is 0 Å². The summed E-state index contributed by atoms with van der Waals surface area (Å²) in [5.41, 5.74) is 2.09. The molecule has 80 heavy (non-hydrogen) atoms. The third kappa shape index (κ3) is 14.9. The monoisotopic (exact) mass is 1150 g/mol. The third-order valence-electron chi connectivity index (χ3n) is 17.2. The first-order valence-corrected chi connectivity index (χ1v) is 36.0. The summed E-state index contributed by atoms with van der Waals surface area (Å²) in [6, 6.07) is 30.5. The van der Waals surface area contributed by atoms with Crippen LogP contribution in [0.25, 0.3) is 0 Å². The molecular formula is C63H101N3O12Si2. The van der Waals surface area contributed by atoms with Crippen LogP contribution in [0.2, 0.25) is 39.3 Å². The quantitative estimate of drug-likeness (QED) is 0.0505. The molecule has 17 heteroatoms. The van der Waals surface area contributed by atoms with Crippen LogP contribution in [0.5, 0.6) is 0 Å². The number of aliphatic hydroxyl groups excluding tert-OH is 1. The normalized spacial score (nSPS) is 37.0. The summed E-state index contributed by atoms with van der Waals surface area (Å²) in [4.78, 5) is 17.4. The molecule has 0 bridgehead atoms. The lowest BCUT2D eigenvalue weighted by molar-refractivity contribution is -0.316. The molecular weight excluding hydrogens is 1050 g/mol. The van der Waals surface area contributed by atoms with Crippen molar-refractivity contribution in [2.75, 3.05) is 28.3 Å². The molecule has 3 heterocycles. The number of ether oxygens (including phenoxy) is 7. The SMILES string of the molecule is CC[C@@H]1OC(=O)[C@H](C)[C@H](O[C@H]2C[C@@](C)(OC)[C@@H](O[Si](C)(C)C)[C@H](C)O2)[C@@H](C)[C@@H](O[C@@H]2O[C@H](C)C[C@H](N(C)C)[C@H]2O[Si](C)(C)C)[C@@](C)(OC)C[C@@H](C)/C(=N\NC(c2ccccc2)(c2ccccc2)c2ccccc2)[C@@H](C)[C@H](O)[C@@]1(C)O. The van der Waals surface area contributed by atoms with Gasteiger partial charge < -0.3 is 57.1 Å². The Morgan fingerprint density at radius 2 is 1.21 bits per heavy atom. The Hall–Kier alpha value is -3.41. The Balaban J connectivity index is 1.59. The number of likely N-dealkylation sites (N-methyl/N-ethyl adjacent to an activating group) is 1. The van der Waals surface area contributed by atoms with Gasteiger partial charge in [-0.1, -0.05) is 119 Å². The number of methoxy groups -OCH3 is 2. The minimum Gasteiger partial charge on any atom is -0.459 e. The van der Waals surface area contributed by atoms with Gasteiger partial charge in [0.25, 0.3) is 0 Å². The van der Waals surface area contributed by atoms with Crippen LogP contribution in [0.15, 0.2) is 96.1 Å². The third-order valence-corrected chi connectivity index (χ3v) is 19.1. The van der Waals surface area contributed by atoms with Crippen molar-refractivity contribution in [3.05, 3.63) is 108 Å². The fourth-order valence-electron chi connectivity index (χ4n) is 12.8. The minimum absolute atomic E-state index is 0.0573. The van der Waals surface area contributed by atoms with Gasteiger partial charge in [-0.25, -0.2) is 0 Å². The number of hydrogen-bond donors (Lipinski definition) is 3. The van der Waals surface area contributed by atoms with E-state index in [1.807, 2.05) is 96.1 Å². The molecule has 0 saturated carbocycles. The molecule has 15 nitrogen and oxygen atoms in total. The van der Waals surface area contributed by atoms with E-state index in [9.17, 15) is 10.2 Å². The Morgan fingerprint density at radius 3 is 1.68 bits per heavy atom. The maximum Gasteiger partial charge on any atom is 0.311 e. The lowest BCUT2D eigenvalue weighted by atomic mass is 9.73. The lowest BCUT2D eigenvalue weighted by Crippen LogP contribution is -2.63. The second-order valence-corrected chi connectivity index (χ2v) is 35.1. The molecule has 0 aliphatic carbocycles. The highest BCUT2D eigenvalue weighted by atomic mass is 28.4. The van der Waals surface area contributed by atoms with Crippen molar-refractivity contribution in [1.29, 1.82) is 0 Å². The zero-order chi connectivity index (χ0) is 59.3. The Labute approximate surface area is 482 Å². The molecule has 0 spiro atoms. The van der Waals surface area contributed by atoms with E-state index in [4.69, 9.17) is 47.1 Å². The molecule has 3 saturated heterocycles. The number of carbonyl (C=O) groups excluding carboxylic acids is 1. The fourth-order valence-corrected chi connectivity index (χ4v) is 15.1. The van der Waals surface area contributed by atoms with E-state index in [-0.39, 0.29) is 37.5 Å². The van der Waals surface area contributed by atoms with Gasteiger partial charge in [0.2, 0.25) is 0 Å². The molecule has 6 rings (SSSR count). The first-order valence-electron chi connectivity index (χ1n) is 29.2. The number of aliphatic hydroxyl groups is 2. The summed E-state index contributed by atoms with van der Waals surface area (Å²) >= 11 is 0. The number of carbonyl (C=O) groups is 1. The average molecular weight is 1150 g/mol. The zero-order valence-corrected chi connectivity index (χ0v) is 54.0. The molecule has 3 N–H and O–H groups in total. The van der Waals surface area contributed by atoms with Crippen LogP contribution < -0.4 is 5.43 Å². The van der Waals surface area contributed by atoms with Gasteiger partial charge in [0.1, 0.15) is 23.3 Å². The molecule has 0 amide bonds. The summed E-state index contributed by atoms with van der Waals surface area (Å²) in [5.74, 6) is -3.55. The van der Waals surface area contributed by atoms with Crippen LogP contribution >= 0.6 is 0 Å². The number of nitrogens with one attached hydrogen (secondary N) is 1. The molecule has 3 aliphatic heterocycles. The summed E-state index contributed by atoms with van der Waals surface area (Å²) in [7, 11) is 3.16. The predicted molar refractivity (Wildman–Crippen MR) is 320 cm³/mol. The molecule has 0 radical (unpaired) electrons. The maximum absolute atomic E-state index is 15.2. The fraction of sp³-hybridized carbons (Fsp3) is 0.683. The number of rotatable bonds is 17. The Bertz CT molecular complexity index is 2350. The van der Waals surface area contributed by atoms with E-state index < -0.39 is 118 Å². The maximum atomic E-state index is 15.2. The van der Waals surface area contributed by atoms with Gasteiger partial charge in [-0.05, 0) is 137 Å². The largest absolute Gasteiger partial charge is 0.459 e. The highest BCUT2D eigenvalue weighted by Crippen LogP contribution is 2.44. The van der Waals surface area contributed by atoms with Crippen LogP contribution in [0.4, 0.5) is 0 Å². The minimum atomic E-state index is -2.25. The van der Waals surface area contributed by atoms with Crippen molar-refractivity contribution < 1.29 is 57.0 Å². The van der Waals surface area contributed by atoms with Crippen molar-refractivity contribution in [1.82, 2.24) is 10.3 Å². The number of hydrazone groups is 1. The molecule has 3 aromatic rings.